The number of benzene rings is 2. The van der Waals surface area contributed by atoms with Crippen LogP contribution in [0.4, 0.5) is 17.1 Å². The Hall–Kier alpha value is -3.52. The Bertz CT molecular complexity index is 989. The van der Waals surface area contributed by atoms with Crippen LogP contribution in [-0.2, 0) is 0 Å². The third-order valence-electron chi connectivity index (χ3n) is 4.12. The molecule has 150 valence electrons. The summed E-state index contributed by atoms with van der Waals surface area (Å²) < 4.78 is 5.29. The third-order valence-corrected chi connectivity index (χ3v) is 4.98. The second-order valence-corrected chi connectivity index (χ2v) is 7.00. The molecule has 0 unspecified atom stereocenters. The van der Waals surface area contributed by atoms with Crippen molar-refractivity contribution in [2.45, 2.75) is 0 Å². The van der Waals surface area contributed by atoms with Gasteiger partial charge in [-0.3, -0.25) is 4.79 Å². The minimum Gasteiger partial charge on any atom is -0.495 e. The maximum absolute atomic E-state index is 12.2. The number of aromatic carboxylic acids is 1. The highest BCUT2D eigenvalue weighted by molar-refractivity contribution is 7.12. The Balaban J connectivity index is 1.61. The fourth-order valence-electron chi connectivity index (χ4n) is 2.74. The summed E-state index contributed by atoms with van der Waals surface area (Å²) in [7, 11) is 1.61. The van der Waals surface area contributed by atoms with Crippen LogP contribution in [0.15, 0.2) is 60.0 Å². The highest BCUT2D eigenvalue weighted by Crippen LogP contribution is 2.24. The number of para-hydroxylation sites is 2. The number of carbonyl (C=O) groups is 2. The molecule has 0 spiro atoms. The summed E-state index contributed by atoms with van der Waals surface area (Å²) in [6.07, 6.45) is 0. The zero-order valence-electron chi connectivity index (χ0n) is 15.8. The Morgan fingerprint density at radius 2 is 1.76 bits per heavy atom. The van der Waals surface area contributed by atoms with E-state index in [4.69, 9.17) is 4.74 Å². The van der Waals surface area contributed by atoms with Crippen LogP contribution in [0.1, 0.15) is 20.0 Å². The number of anilines is 3. The number of hydrogen-bond donors (Lipinski definition) is 4. The van der Waals surface area contributed by atoms with Crippen molar-refractivity contribution in [1.82, 2.24) is 0 Å². The SMILES string of the molecule is COc1ccccc1NCCNc1ccc(NC(=O)c2cccs2)cc1C(=O)O. The number of rotatable bonds is 9. The summed E-state index contributed by atoms with van der Waals surface area (Å²) in [5, 5.41) is 20.4. The maximum Gasteiger partial charge on any atom is 0.337 e. The molecule has 0 atom stereocenters. The van der Waals surface area contributed by atoms with Crippen LogP contribution in [0.25, 0.3) is 0 Å². The van der Waals surface area contributed by atoms with E-state index in [1.54, 1.807) is 31.4 Å². The zero-order chi connectivity index (χ0) is 20.6. The Morgan fingerprint density at radius 1 is 1.00 bits per heavy atom. The standard InChI is InChI=1S/C21H21N3O4S/c1-28-18-6-3-2-5-17(18)23-11-10-22-16-9-8-14(13-15(16)21(26)27)24-20(25)19-7-4-12-29-19/h2-9,12-13,22-23H,10-11H2,1H3,(H,24,25)(H,26,27). The van der Waals surface area contributed by atoms with Crippen molar-refractivity contribution in [3.63, 3.8) is 0 Å². The van der Waals surface area contributed by atoms with Gasteiger partial charge in [-0.05, 0) is 41.8 Å². The van der Waals surface area contributed by atoms with Crippen LogP contribution in [-0.4, -0.2) is 37.2 Å². The number of hydrogen-bond acceptors (Lipinski definition) is 6. The lowest BCUT2D eigenvalue weighted by Crippen LogP contribution is -2.16. The smallest absolute Gasteiger partial charge is 0.337 e. The minimum atomic E-state index is -1.07. The highest BCUT2D eigenvalue weighted by Gasteiger charge is 2.13. The van der Waals surface area contributed by atoms with E-state index < -0.39 is 5.97 Å². The van der Waals surface area contributed by atoms with Crippen molar-refractivity contribution in [2.24, 2.45) is 0 Å². The second-order valence-electron chi connectivity index (χ2n) is 6.05. The largest absolute Gasteiger partial charge is 0.495 e. The molecule has 1 aromatic heterocycles. The molecule has 0 aliphatic rings. The first-order valence-corrected chi connectivity index (χ1v) is 9.79. The van der Waals surface area contributed by atoms with Crippen LogP contribution in [0.2, 0.25) is 0 Å². The summed E-state index contributed by atoms with van der Waals surface area (Å²) in [5.74, 6) is -0.597. The molecule has 1 amide bonds. The van der Waals surface area contributed by atoms with Gasteiger partial charge >= 0.3 is 5.97 Å². The van der Waals surface area contributed by atoms with E-state index in [0.717, 1.165) is 11.4 Å². The number of carboxylic acids is 1. The second kappa shape index (κ2) is 9.61. The van der Waals surface area contributed by atoms with Crippen LogP contribution >= 0.6 is 11.3 Å². The van der Waals surface area contributed by atoms with Gasteiger partial charge in [-0.2, -0.15) is 0 Å². The summed E-state index contributed by atoms with van der Waals surface area (Å²) in [6.45, 7) is 1.07. The summed E-state index contributed by atoms with van der Waals surface area (Å²) >= 11 is 1.32. The van der Waals surface area contributed by atoms with Crippen LogP contribution in [0.5, 0.6) is 5.75 Å². The maximum atomic E-state index is 12.2. The van der Waals surface area contributed by atoms with Gasteiger partial charge in [0.15, 0.2) is 0 Å². The van der Waals surface area contributed by atoms with Gasteiger partial charge in [0.2, 0.25) is 0 Å². The molecule has 0 fully saturated rings. The van der Waals surface area contributed by atoms with Crippen LogP contribution in [0, 0.1) is 0 Å². The van der Waals surface area contributed by atoms with Gasteiger partial charge < -0.3 is 25.8 Å². The normalized spacial score (nSPS) is 10.2. The van der Waals surface area contributed by atoms with Crippen molar-refractivity contribution in [1.29, 1.82) is 0 Å². The lowest BCUT2D eigenvalue weighted by atomic mass is 10.1. The van der Waals surface area contributed by atoms with E-state index in [1.165, 1.54) is 17.4 Å². The first-order chi connectivity index (χ1) is 14.1. The average Bonchev–Trinajstić information content (AvgIpc) is 3.27. The molecule has 1 heterocycles. The van der Waals surface area contributed by atoms with Crippen LogP contribution < -0.4 is 20.7 Å². The van der Waals surface area contributed by atoms with Gasteiger partial charge in [-0.25, -0.2) is 4.79 Å². The van der Waals surface area contributed by atoms with Gasteiger partial charge in [0, 0.05) is 24.5 Å². The molecule has 0 saturated carbocycles. The van der Waals surface area contributed by atoms with Crippen molar-refractivity contribution >= 4 is 40.3 Å². The molecular weight excluding hydrogens is 390 g/mol. The molecule has 4 N–H and O–H groups in total. The van der Waals surface area contributed by atoms with E-state index in [9.17, 15) is 14.7 Å². The molecule has 3 aromatic rings. The molecular formula is C21H21N3O4S. The highest BCUT2D eigenvalue weighted by atomic mass is 32.1. The number of carboxylic acid groups (broad SMARTS) is 1. The fourth-order valence-corrected chi connectivity index (χ4v) is 3.36. The predicted molar refractivity (Wildman–Crippen MR) is 116 cm³/mol. The van der Waals surface area contributed by atoms with Gasteiger partial charge in [-0.1, -0.05) is 18.2 Å². The first kappa shape index (κ1) is 20.2. The molecule has 0 bridgehead atoms. The monoisotopic (exact) mass is 411 g/mol. The van der Waals surface area contributed by atoms with Crippen molar-refractivity contribution in [3.8, 4) is 5.75 Å². The van der Waals surface area contributed by atoms with E-state index >= 15 is 0 Å². The number of carbonyl (C=O) groups excluding carboxylic acids is 1. The average molecular weight is 411 g/mol. The van der Waals surface area contributed by atoms with Gasteiger partial charge in [0.25, 0.3) is 5.91 Å². The Kier molecular flexibility index (Phi) is 6.70. The van der Waals surface area contributed by atoms with Crippen molar-refractivity contribution in [2.75, 3.05) is 36.1 Å². The molecule has 0 aliphatic carbocycles. The van der Waals surface area contributed by atoms with E-state index in [1.807, 2.05) is 29.6 Å². The molecule has 29 heavy (non-hydrogen) atoms. The molecule has 2 aromatic carbocycles. The molecule has 3 rings (SSSR count). The first-order valence-electron chi connectivity index (χ1n) is 8.91. The molecule has 0 aliphatic heterocycles. The van der Waals surface area contributed by atoms with Gasteiger partial charge in [0.1, 0.15) is 5.75 Å². The quantitative estimate of drug-likeness (QED) is 0.393. The fraction of sp³-hybridized carbons (Fsp3) is 0.143. The van der Waals surface area contributed by atoms with Gasteiger partial charge in [0.05, 0.1) is 23.2 Å². The number of nitrogens with one attached hydrogen (secondary N) is 3. The summed E-state index contributed by atoms with van der Waals surface area (Å²) in [4.78, 5) is 24.4. The zero-order valence-corrected chi connectivity index (χ0v) is 16.6. The topological polar surface area (TPSA) is 99.7 Å². The Labute approximate surface area is 172 Å². The number of thiophene rings is 1. The third kappa shape index (κ3) is 5.26. The van der Waals surface area contributed by atoms with Crippen molar-refractivity contribution < 1.29 is 19.4 Å². The van der Waals surface area contributed by atoms with Crippen molar-refractivity contribution in [3.05, 3.63) is 70.4 Å². The number of amides is 1. The Morgan fingerprint density at radius 3 is 2.45 bits per heavy atom. The molecule has 0 saturated heterocycles. The number of methoxy groups -OCH3 is 1. The van der Waals surface area contributed by atoms with E-state index in [2.05, 4.69) is 16.0 Å². The lowest BCUT2D eigenvalue weighted by molar-refractivity contribution is 0.0697. The summed E-state index contributed by atoms with van der Waals surface area (Å²) in [6, 6.07) is 15.8. The molecule has 0 radical (unpaired) electrons. The summed E-state index contributed by atoms with van der Waals surface area (Å²) in [5.41, 5.74) is 1.86. The number of ether oxygens (including phenoxy) is 1. The lowest BCUT2D eigenvalue weighted by Gasteiger charge is -2.14. The van der Waals surface area contributed by atoms with E-state index in [0.29, 0.717) is 29.3 Å². The van der Waals surface area contributed by atoms with Gasteiger partial charge in [-0.15, -0.1) is 11.3 Å². The predicted octanol–water partition coefficient (Wildman–Crippen LogP) is 4.23. The van der Waals surface area contributed by atoms with E-state index in [-0.39, 0.29) is 11.5 Å². The minimum absolute atomic E-state index is 0.0891. The molecule has 8 heteroatoms. The molecule has 7 nitrogen and oxygen atoms in total. The van der Waals surface area contributed by atoms with Crippen LogP contribution in [0.3, 0.4) is 0 Å².